The Hall–Kier alpha value is -2.13. The maximum atomic E-state index is 12.6. The summed E-state index contributed by atoms with van der Waals surface area (Å²) in [7, 11) is -3.65. The number of hydrogen-bond acceptors (Lipinski definition) is 5. The molecule has 0 radical (unpaired) electrons. The molecule has 29 heavy (non-hydrogen) atoms. The van der Waals surface area contributed by atoms with Gasteiger partial charge in [0.15, 0.2) is 6.61 Å². The maximum absolute atomic E-state index is 12.6. The largest absolute Gasteiger partial charge is 0.452 e. The van der Waals surface area contributed by atoms with Gasteiger partial charge in [0.1, 0.15) is 0 Å². The average molecular weight is 457 g/mol. The van der Waals surface area contributed by atoms with Crippen LogP contribution >= 0.6 is 23.2 Å². The van der Waals surface area contributed by atoms with E-state index < -0.39 is 28.5 Å². The van der Waals surface area contributed by atoms with Gasteiger partial charge in [-0.25, -0.2) is 13.2 Å². The highest BCUT2D eigenvalue weighted by atomic mass is 35.5. The van der Waals surface area contributed by atoms with Crippen LogP contribution in [0.2, 0.25) is 10.0 Å². The van der Waals surface area contributed by atoms with Crippen LogP contribution < -0.4 is 5.32 Å². The number of anilines is 1. The van der Waals surface area contributed by atoms with Crippen molar-refractivity contribution >= 4 is 50.8 Å². The lowest BCUT2D eigenvalue weighted by Gasteiger charge is -2.15. The molecule has 1 heterocycles. The molecular formula is C19H18Cl2N2O5S. The summed E-state index contributed by atoms with van der Waals surface area (Å²) in [5.74, 6) is -1.37. The predicted molar refractivity (Wildman–Crippen MR) is 110 cm³/mol. The lowest BCUT2D eigenvalue weighted by atomic mass is 10.2. The number of hydrogen-bond donors (Lipinski definition) is 1. The molecule has 0 aromatic heterocycles. The highest BCUT2D eigenvalue weighted by Gasteiger charge is 2.27. The summed E-state index contributed by atoms with van der Waals surface area (Å²) in [6.07, 6.45) is 1.63. The molecule has 0 unspecified atom stereocenters. The van der Waals surface area contributed by atoms with E-state index in [9.17, 15) is 18.0 Å². The summed E-state index contributed by atoms with van der Waals surface area (Å²) in [6.45, 7) is 0.389. The summed E-state index contributed by atoms with van der Waals surface area (Å²) in [4.78, 5) is 24.3. The molecule has 3 rings (SSSR count). The molecule has 1 aliphatic rings. The maximum Gasteiger partial charge on any atom is 0.338 e. The molecule has 0 atom stereocenters. The van der Waals surface area contributed by atoms with E-state index in [4.69, 9.17) is 27.9 Å². The summed E-state index contributed by atoms with van der Waals surface area (Å²) < 4.78 is 31.6. The molecule has 2 aromatic carbocycles. The molecule has 1 saturated heterocycles. The van der Waals surface area contributed by atoms with Gasteiger partial charge in [0.25, 0.3) is 5.91 Å². The first-order valence-corrected chi connectivity index (χ1v) is 11.0. The van der Waals surface area contributed by atoms with Crippen molar-refractivity contribution in [2.24, 2.45) is 0 Å². The number of ether oxygens (including phenoxy) is 1. The Kier molecular flexibility index (Phi) is 6.79. The molecule has 1 N–H and O–H groups in total. The van der Waals surface area contributed by atoms with E-state index >= 15 is 0 Å². The second kappa shape index (κ2) is 9.13. The van der Waals surface area contributed by atoms with Gasteiger partial charge in [-0.3, -0.25) is 4.79 Å². The van der Waals surface area contributed by atoms with Crippen LogP contribution in [0.1, 0.15) is 23.2 Å². The van der Waals surface area contributed by atoms with Crippen LogP contribution in [0.5, 0.6) is 0 Å². The first-order chi connectivity index (χ1) is 13.8. The monoisotopic (exact) mass is 456 g/mol. The zero-order valence-corrected chi connectivity index (χ0v) is 17.6. The fraction of sp³-hybridized carbons (Fsp3) is 0.263. The molecule has 0 bridgehead atoms. The van der Waals surface area contributed by atoms with Gasteiger partial charge in [0, 0.05) is 18.8 Å². The van der Waals surface area contributed by atoms with Gasteiger partial charge >= 0.3 is 5.97 Å². The molecule has 0 spiro atoms. The van der Waals surface area contributed by atoms with Gasteiger partial charge in [-0.15, -0.1) is 0 Å². The molecule has 2 aromatic rings. The standard InChI is InChI=1S/C19H18Cl2N2O5S/c20-16-7-6-14(11-17(16)21)22-18(24)12-28-19(25)13-4-3-5-15(10-13)29(26,27)23-8-1-2-9-23/h3-7,10-11H,1-2,8-9,12H2,(H,22,24). The smallest absolute Gasteiger partial charge is 0.338 e. The summed E-state index contributed by atoms with van der Waals surface area (Å²) in [5.41, 5.74) is 0.451. The van der Waals surface area contributed by atoms with Crippen molar-refractivity contribution in [3.05, 3.63) is 58.1 Å². The lowest BCUT2D eigenvalue weighted by Crippen LogP contribution is -2.28. The molecular weight excluding hydrogens is 439 g/mol. The van der Waals surface area contributed by atoms with Crippen molar-refractivity contribution in [3.63, 3.8) is 0 Å². The van der Waals surface area contributed by atoms with Crippen molar-refractivity contribution < 1.29 is 22.7 Å². The van der Waals surface area contributed by atoms with Crippen LogP contribution in [-0.2, 0) is 19.6 Å². The molecule has 1 fully saturated rings. The highest BCUT2D eigenvalue weighted by Crippen LogP contribution is 2.25. The number of amides is 1. The number of esters is 1. The van der Waals surface area contributed by atoms with Crippen molar-refractivity contribution in [3.8, 4) is 0 Å². The normalized spacial score (nSPS) is 14.6. The third kappa shape index (κ3) is 5.27. The number of nitrogens with one attached hydrogen (secondary N) is 1. The van der Waals surface area contributed by atoms with Crippen molar-refractivity contribution in [2.75, 3.05) is 25.0 Å². The van der Waals surface area contributed by atoms with Crippen LogP contribution in [0.25, 0.3) is 0 Å². The van der Waals surface area contributed by atoms with E-state index in [0.29, 0.717) is 23.8 Å². The Morgan fingerprint density at radius 2 is 1.76 bits per heavy atom. The third-order valence-electron chi connectivity index (χ3n) is 4.31. The number of rotatable bonds is 6. The molecule has 0 saturated carbocycles. The first-order valence-electron chi connectivity index (χ1n) is 8.79. The summed E-state index contributed by atoms with van der Waals surface area (Å²) in [6, 6.07) is 10.1. The fourth-order valence-electron chi connectivity index (χ4n) is 2.85. The van der Waals surface area contributed by atoms with Gasteiger partial charge in [-0.2, -0.15) is 4.31 Å². The van der Waals surface area contributed by atoms with Crippen molar-refractivity contribution in [1.29, 1.82) is 0 Å². The van der Waals surface area contributed by atoms with Crippen LogP contribution in [0.15, 0.2) is 47.4 Å². The van der Waals surface area contributed by atoms with Gasteiger partial charge in [0.05, 0.1) is 20.5 Å². The Morgan fingerprint density at radius 1 is 1.03 bits per heavy atom. The second-order valence-electron chi connectivity index (χ2n) is 6.39. The predicted octanol–water partition coefficient (Wildman–Crippen LogP) is 3.57. The van der Waals surface area contributed by atoms with E-state index in [-0.39, 0.29) is 15.5 Å². The number of carbonyl (C=O) groups excluding carboxylic acids is 2. The van der Waals surface area contributed by atoms with E-state index in [1.807, 2.05) is 0 Å². The van der Waals surface area contributed by atoms with Crippen molar-refractivity contribution in [2.45, 2.75) is 17.7 Å². The Labute approximate surface area is 178 Å². The Morgan fingerprint density at radius 3 is 2.45 bits per heavy atom. The second-order valence-corrected chi connectivity index (χ2v) is 9.14. The molecule has 0 aliphatic carbocycles. The number of halogens is 2. The highest BCUT2D eigenvalue weighted by molar-refractivity contribution is 7.89. The molecule has 7 nitrogen and oxygen atoms in total. The quantitative estimate of drug-likeness (QED) is 0.670. The number of nitrogens with zero attached hydrogens (tertiary/aromatic N) is 1. The van der Waals surface area contributed by atoms with E-state index in [1.165, 1.54) is 40.7 Å². The van der Waals surface area contributed by atoms with Crippen molar-refractivity contribution in [1.82, 2.24) is 4.31 Å². The Bertz CT molecular complexity index is 1040. The summed E-state index contributed by atoms with van der Waals surface area (Å²) in [5, 5.41) is 3.15. The average Bonchev–Trinajstić information content (AvgIpc) is 3.25. The van der Waals surface area contributed by atoms with Crippen LogP contribution in [0, 0.1) is 0 Å². The molecule has 10 heteroatoms. The minimum atomic E-state index is -3.65. The Balaban J connectivity index is 1.62. The van der Waals surface area contributed by atoms with Crippen LogP contribution in [0.3, 0.4) is 0 Å². The fourth-order valence-corrected chi connectivity index (χ4v) is 4.71. The van der Waals surface area contributed by atoms with Gasteiger partial charge in [-0.05, 0) is 49.2 Å². The molecule has 1 aliphatic heterocycles. The number of benzene rings is 2. The molecule has 1 amide bonds. The number of sulfonamides is 1. The first kappa shape index (κ1) is 21.6. The van der Waals surface area contributed by atoms with Gasteiger partial charge < -0.3 is 10.1 Å². The van der Waals surface area contributed by atoms with E-state index in [1.54, 1.807) is 6.07 Å². The van der Waals surface area contributed by atoms with Crippen LogP contribution in [-0.4, -0.2) is 44.3 Å². The molecule has 154 valence electrons. The third-order valence-corrected chi connectivity index (χ3v) is 6.94. The van der Waals surface area contributed by atoms with E-state index in [2.05, 4.69) is 5.32 Å². The van der Waals surface area contributed by atoms with Crippen LogP contribution in [0.4, 0.5) is 5.69 Å². The zero-order chi connectivity index (χ0) is 21.0. The minimum Gasteiger partial charge on any atom is -0.452 e. The van der Waals surface area contributed by atoms with Gasteiger partial charge in [-0.1, -0.05) is 29.3 Å². The lowest BCUT2D eigenvalue weighted by molar-refractivity contribution is -0.119. The topological polar surface area (TPSA) is 92.8 Å². The minimum absolute atomic E-state index is 0.0223. The zero-order valence-electron chi connectivity index (χ0n) is 15.2. The SMILES string of the molecule is O=C(COC(=O)c1cccc(S(=O)(=O)N2CCCC2)c1)Nc1ccc(Cl)c(Cl)c1. The summed E-state index contributed by atoms with van der Waals surface area (Å²) >= 11 is 11.7. The number of carbonyl (C=O) groups is 2. The van der Waals surface area contributed by atoms with Gasteiger partial charge in [0.2, 0.25) is 10.0 Å². The van der Waals surface area contributed by atoms with E-state index in [0.717, 1.165) is 12.8 Å².